The van der Waals surface area contributed by atoms with E-state index in [1.807, 2.05) is 0 Å². The van der Waals surface area contributed by atoms with Crippen LogP contribution in [0.2, 0.25) is 0 Å². The molecule has 12 nitrogen and oxygen atoms in total. The number of ether oxygens (including phenoxy) is 3. The molecule has 2 heterocycles. The third-order valence-corrected chi connectivity index (χ3v) is 4.31. The number of hydrogen-bond donors (Lipinski definition) is 9. The van der Waals surface area contributed by atoms with Gasteiger partial charge in [0.1, 0.15) is 54.9 Å². The molecule has 0 radical (unpaired) electrons. The second kappa shape index (κ2) is 8.47. The Kier molecular flexibility index (Phi) is 7.06. The molecule has 0 aromatic heterocycles. The molecular formula is C13H24O12. The molecule has 2 saturated heterocycles. The van der Waals surface area contributed by atoms with Gasteiger partial charge in [0.15, 0.2) is 12.6 Å². The molecule has 0 saturated carbocycles. The Morgan fingerprint density at radius 3 is 2.00 bits per heavy atom. The molecule has 25 heavy (non-hydrogen) atoms. The predicted molar refractivity (Wildman–Crippen MR) is 74.6 cm³/mol. The van der Waals surface area contributed by atoms with E-state index in [4.69, 9.17) is 24.4 Å². The molecule has 2 fully saturated rings. The summed E-state index contributed by atoms with van der Waals surface area (Å²) >= 11 is 0. The van der Waals surface area contributed by atoms with Gasteiger partial charge in [-0.1, -0.05) is 0 Å². The van der Waals surface area contributed by atoms with Crippen LogP contribution < -0.4 is 0 Å². The van der Waals surface area contributed by atoms with Gasteiger partial charge in [-0.3, -0.25) is 0 Å². The maximum atomic E-state index is 10.1. The predicted octanol–water partition coefficient (Wildman–Crippen LogP) is -6.04. The minimum atomic E-state index is -1.86. The fourth-order valence-corrected chi connectivity index (χ4v) is 2.78. The minimum absolute atomic E-state index is 0.710. The summed E-state index contributed by atoms with van der Waals surface area (Å²) < 4.78 is 15.3. The Labute approximate surface area is 142 Å². The van der Waals surface area contributed by atoms with E-state index in [1.165, 1.54) is 0 Å². The first-order valence-electron chi connectivity index (χ1n) is 7.67. The van der Waals surface area contributed by atoms with Crippen LogP contribution in [0.4, 0.5) is 0 Å². The number of hydrogen-bond acceptors (Lipinski definition) is 12. The van der Waals surface area contributed by atoms with E-state index >= 15 is 0 Å². The molecule has 0 unspecified atom stereocenters. The van der Waals surface area contributed by atoms with Crippen molar-refractivity contribution in [1.82, 2.24) is 0 Å². The topological polar surface area (TPSA) is 210 Å². The van der Waals surface area contributed by atoms with Crippen LogP contribution in [0, 0.1) is 0 Å². The summed E-state index contributed by atoms with van der Waals surface area (Å²) in [6.07, 6.45) is -18.3. The van der Waals surface area contributed by atoms with Crippen LogP contribution in [0.5, 0.6) is 0 Å². The third kappa shape index (κ3) is 4.10. The lowest BCUT2D eigenvalue weighted by atomic mass is 9.94. The molecular weight excluding hydrogens is 348 g/mol. The average molecular weight is 372 g/mol. The van der Waals surface area contributed by atoms with Gasteiger partial charge in [0, 0.05) is 0 Å². The molecule has 9 N–H and O–H groups in total. The van der Waals surface area contributed by atoms with Crippen molar-refractivity contribution in [3.8, 4) is 0 Å². The van der Waals surface area contributed by atoms with Crippen LogP contribution in [0.25, 0.3) is 0 Å². The zero-order chi connectivity index (χ0) is 18.9. The van der Waals surface area contributed by atoms with Gasteiger partial charge in [0.25, 0.3) is 0 Å². The molecule has 0 bridgehead atoms. The van der Waals surface area contributed by atoms with E-state index < -0.39 is 80.7 Å². The largest absolute Gasteiger partial charge is 0.394 e. The average Bonchev–Trinajstić information content (AvgIpc) is 2.61. The maximum absolute atomic E-state index is 10.1. The molecule has 0 amide bonds. The smallest absolute Gasteiger partial charge is 0.187 e. The van der Waals surface area contributed by atoms with Gasteiger partial charge in [-0.15, -0.1) is 0 Å². The van der Waals surface area contributed by atoms with Crippen LogP contribution in [-0.2, 0) is 14.2 Å². The SMILES string of the molecule is OC[C@H](O)[C@H]1O[C@H](O)[C@@H](O)[C@@H](O)[C@@H]1O[C@@H]1O[C@H](CO)[C@H](O)[C@H](O)[C@H]1O. The van der Waals surface area contributed by atoms with Crippen LogP contribution in [-0.4, -0.2) is 127 Å². The fraction of sp³-hybridized carbons (Fsp3) is 1.00. The van der Waals surface area contributed by atoms with Gasteiger partial charge in [-0.25, -0.2) is 0 Å². The minimum Gasteiger partial charge on any atom is -0.394 e. The van der Waals surface area contributed by atoms with Crippen molar-refractivity contribution in [3.63, 3.8) is 0 Å². The van der Waals surface area contributed by atoms with Crippen molar-refractivity contribution in [2.45, 2.75) is 67.5 Å². The standard InChI is InChI=1S/C13H24O12/c14-1-3(16)10-11(7(19)8(20)12(22)24-10)25-13-9(21)6(18)5(17)4(2-15)23-13/h3-22H,1-2H2/t3-,4+,5-,6-,7+,8-,9+,10+,11-,12-,13-/m0/s1. The van der Waals surface area contributed by atoms with Gasteiger partial charge < -0.3 is 60.2 Å². The van der Waals surface area contributed by atoms with Crippen molar-refractivity contribution in [2.24, 2.45) is 0 Å². The van der Waals surface area contributed by atoms with Crippen molar-refractivity contribution < 1.29 is 60.2 Å². The molecule has 0 aromatic carbocycles. The number of aliphatic hydroxyl groups excluding tert-OH is 9. The Balaban J connectivity index is 2.18. The molecule has 0 spiro atoms. The molecule has 0 aliphatic carbocycles. The van der Waals surface area contributed by atoms with Crippen molar-refractivity contribution >= 4 is 0 Å². The second-order valence-corrected chi connectivity index (χ2v) is 6.02. The van der Waals surface area contributed by atoms with E-state index in [9.17, 15) is 35.7 Å². The summed E-state index contributed by atoms with van der Waals surface area (Å²) in [7, 11) is 0. The van der Waals surface area contributed by atoms with Crippen LogP contribution in [0.15, 0.2) is 0 Å². The van der Waals surface area contributed by atoms with E-state index in [0.29, 0.717) is 0 Å². The van der Waals surface area contributed by atoms with E-state index in [1.54, 1.807) is 0 Å². The highest BCUT2D eigenvalue weighted by molar-refractivity contribution is 4.95. The van der Waals surface area contributed by atoms with Gasteiger partial charge in [-0.2, -0.15) is 0 Å². The van der Waals surface area contributed by atoms with Gasteiger partial charge in [0.05, 0.1) is 13.2 Å². The molecule has 2 aliphatic heterocycles. The first-order valence-corrected chi connectivity index (χ1v) is 7.67. The molecule has 2 rings (SSSR count). The Morgan fingerprint density at radius 1 is 0.800 bits per heavy atom. The quantitative estimate of drug-likeness (QED) is 0.221. The molecule has 0 aromatic rings. The highest BCUT2D eigenvalue weighted by Crippen LogP contribution is 2.29. The molecule has 11 atom stereocenters. The summed E-state index contributed by atoms with van der Waals surface area (Å²) in [5.41, 5.74) is 0. The first-order chi connectivity index (χ1) is 11.7. The van der Waals surface area contributed by atoms with Crippen LogP contribution >= 0.6 is 0 Å². The van der Waals surface area contributed by atoms with Crippen molar-refractivity contribution in [1.29, 1.82) is 0 Å². The van der Waals surface area contributed by atoms with Crippen molar-refractivity contribution in [2.75, 3.05) is 13.2 Å². The normalized spacial score (nSPS) is 49.8. The van der Waals surface area contributed by atoms with Gasteiger partial charge >= 0.3 is 0 Å². The van der Waals surface area contributed by atoms with Crippen molar-refractivity contribution in [3.05, 3.63) is 0 Å². The zero-order valence-electron chi connectivity index (χ0n) is 13.0. The van der Waals surface area contributed by atoms with Crippen LogP contribution in [0.1, 0.15) is 0 Å². The maximum Gasteiger partial charge on any atom is 0.187 e. The summed E-state index contributed by atoms with van der Waals surface area (Å²) in [6, 6.07) is 0. The molecule has 148 valence electrons. The fourth-order valence-electron chi connectivity index (χ4n) is 2.78. The Hall–Kier alpha value is -0.480. The number of rotatable bonds is 5. The lowest BCUT2D eigenvalue weighted by molar-refractivity contribution is -0.360. The van der Waals surface area contributed by atoms with E-state index in [2.05, 4.69) is 0 Å². The first kappa shape index (κ1) is 20.8. The summed E-state index contributed by atoms with van der Waals surface area (Å²) in [6.45, 7) is -1.53. The summed E-state index contributed by atoms with van der Waals surface area (Å²) in [5.74, 6) is 0. The highest BCUT2D eigenvalue weighted by atomic mass is 16.7. The molecule has 2 aliphatic rings. The van der Waals surface area contributed by atoms with Gasteiger partial charge in [0.2, 0.25) is 0 Å². The lowest BCUT2D eigenvalue weighted by Gasteiger charge is -2.46. The third-order valence-electron chi connectivity index (χ3n) is 4.31. The van der Waals surface area contributed by atoms with Gasteiger partial charge in [-0.05, 0) is 0 Å². The summed E-state index contributed by atoms with van der Waals surface area (Å²) in [4.78, 5) is 0. The van der Waals surface area contributed by atoms with E-state index in [-0.39, 0.29) is 0 Å². The zero-order valence-corrected chi connectivity index (χ0v) is 13.0. The van der Waals surface area contributed by atoms with E-state index in [0.717, 1.165) is 0 Å². The highest BCUT2D eigenvalue weighted by Gasteiger charge is 2.51. The molecule has 12 heteroatoms. The monoisotopic (exact) mass is 372 g/mol. The Morgan fingerprint density at radius 2 is 1.44 bits per heavy atom. The Bertz CT molecular complexity index is 422. The lowest BCUT2D eigenvalue weighted by Crippen LogP contribution is -2.65. The second-order valence-electron chi connectivity index (χ2n) is 6.02. The number of aliphatic hydroxyl groups is 9. The summed E-state index contributed by atoms with van der Waals surface area (Å²) in [5, 5.41) is 86.7. The van der Waals surface area contributed by atoms with Crippen LogP contribution in [0.3, 0.4) is 0 Å².